The number of nitrogens with zero attached hydrogens (tertiary/aromatic N) is 3. The summed E-state index contributed by atoms with van der Waals surface area (Å²) in [6, 6.07) is 13.0. The number of likely N-dealkylation sites (tertiary alicyclic amines) is 1. The van der Waals surface area contributed by atoms with E-state index in [4.69, 9.17) is 11.6 Å². The normalized spacial score (nSPS) is 16.8. The molecule has 0 saturated carbocycles. The molecule has 30 heavy (non-hydrogen) atoms. The molecule has 2 heterocycles. The second kappa shape index (κ2) is 7.77. The molecule has 0 spiro atoms. The zero-order chi connectivity index (χ0) is 21.5. The van der Waals surface area contributed by atoms with Crippen LogP contribution in [-0.2, 0) is 6.18 Å². The van der Waals surface area contributed by atoms with Crippen LogP contribution in [0.15, 0.2) is 54.6 Å². The van der Waals surface area contributed by atoms with E-state index in [1.807, 2.05) is 0 Å². The standard InChI is InChI=1S/C21H17ClF3N3O2/c22-15-5-2-6-16(10-15)28-19(13-3-1-4-14(9-13)21(23,24)25)11-18(26-28)20(30)27-8-7-17(29)12-27/h1-6,9-11,17,29H,7-8,12H2/t17-/m1/s1. The summed E-state index contributed by atoms with van der Waals surface area (Å²) in [6.45, 7) is 0.588. The van der Waals surface area contributed by atoms with E-state index in [-0.39, 0.29) is 23.7 Å². The first kappa shape index (κ1) is 20.4. The summed E-state index contributed by atoms with van der Waals surface area (Å²) in [5.74, 6) is -0.388. The topological polar surface area (TPSA) is 58.4 Å². The Labute approximate surface area is 175 Å². The first-order valence-electron chi connectivity index (χ1n) is 9.23. The number of carbonyl (C=O) groups is 1. The van der Waals surface area contributed by atoms with Gasteiger partial charge in [0.15, 0.2) is 5.69 Å². The Hall–Kier alpha value is -2.84. The van der Waals surface area contributed by atoms with Gasteiger partial charge in [-0.1, -0.05) is 29.8 Å². The summed E-state index contributed by atoms with van der Waals surface area (Å²) in [5.41, 5.74) is 0.380. The zero-order valence-electron chi connectivity index (χ0n) is 15.6. The molecule has 156 valence electrons. The fourth-order valence-electron chi connectivity index (χ4n) is 3.44. The van der Waals surface area contributed by atoms with Crippen LogP contribution in [0.4, 0.5) is 13.2 Å². The van der Waals surface area contributed by atoms with E-state index in [2.05, 4.69) is 5.10 Å². The molecule has 0 aliphatic carbocycles. The predicted octanol–water partition coefficient (Wildman–Crippen LogP) is 4.42. The Morgan fingerprint density at radius 3 is 2.57 bits per heavy atom. The number of amides is 1. The average molecular weight is 436 g/mol. The highest BCUT2D eigenvalue weighted by Gasteiger charge is 2.31. The molecule has 1 aliphatic heterocycles. The third-order valence-electron chi connectivity index (χ3n) is 4.92. The minimum absolute atomic E-state index is 0.0801. The molecule has 4 rings (SSSR count). The Bertz CT molecular complexity index is 1100. The minimum atomic E-state index is -4.50. The van der Waals surface area contributed by atoms with Gasteiger partial charge in [0.05, 0.1) is 23.0 Å². The number of rotatable bonds is 3. The van der Waals surface area contributed by atoms with Crippen molar-refractivity contribution in [1.29, 1.82) is 0 Å². The summed E-state index contributed by atoms with van der Waals surface area (Å²) in [7, 11) is 0. The molecule has 3 aromatic rings. The van der Waals surface area contributed by atoms with Crippen LogP contribution in [0.25, 0.3) is 16.9 Å². The van der Waals surface area contributed by atoms with Gasteiger partial charge in [0, 0.05) is 23.7 Å². The van der Waals surface area contributed by atoms with Crippen LogP contribution in [0.5, 0.6) is 0 Å². The van der Waals surface area contributed by atoms with Crippen molar-refractivity contribution < 1.29 is 23.1 Å². The molecule has 1 N–H and O–H groups in total. The van der Waals surface area contributed by atoms with E-state index in [0.717, 1.165) is 12.1 Å². The molecule has 5 nitrogen and oxygen atoms in total. The second-order valence-corrected chi connectivity index (χ2v) is 7.52. The van der Waals surface area contributed by atoms with Gasteiger partial charge in [-0.2, -0.15) is 18.3 Å². The van der Waals surface area contributed by atoms with Crippen molar-refractivity contribution in [2.24, 2.45) is 0 Å². The number of aromatic nitrogens is 2. The SMILES string of the molecule is O=C(c1cc(-c2cccc(C(F)(F)F)c2)n(-c2cccc(Cl)c2)n1)N1CC[C@@H](O)C1. The van der Waals surface area contributed by atoms with E-state index in [1.165, 1.54) is 27.8 Å². The summed E-state index contributed by atoms with van der Waals surface area (Å²) in [6.07, 6.45) is -4.62. The molecule has 1 amide bonds. The zero-order valence-corrected chi connectivity index (χ0v) is 16.4. The van der Waals surface area contributed by atoms with Gasteiger partial charge in [-0.05, 0) is 42.8 Å². The van der Waals surface area contributed by atoms with Crippen molar-refractivity contribution in [2.45, 2.75) is 18.7 Å². The van der Waals surface area contributed by atoms with E-state index >= 15 is 0 Å². The fourth-order valence-corrected chi connectivity index (χ4v) is 3.62. The highest BCUT2D eigenvalue weighted by molar-refractivity contribution is 6.30. The molecule has 1 atom stereocenters. The molecule has 0 unspecified atom stereocenters. The number of benzene rings is 2. The largest absolute Gasteiger partial charge is 0.416 e. The number of hydrogen-bond acceptors (Lipinski definition) is 3. The molecular formula is C21H17ClF3N3O2. The number of hydrogen-bond donors (Lipinski definition) is 1. The van der Waals surface area contributed by atoms with E-state index < -0.39 is 17.8 Å². The van der Waals surface area contributed by atoms with Crippen LogP contribution in [-0.4, -0.2) is 44.9 Å². The highest BCUT2D eigenvalue weighted by Crippen LogP contribution is 2.33. The molecule has 1 saturated heterocycles. The minimum Gasteiger partial charge on any atom is -0.391 e. The van der Waals surface area contributed by atoms with Crippen LogP contribution in [0.1, 0.15) is 22.5 Å². The lowest BCUT2D eigenvalue weighted by molar-refractivity contribution is -0.137. The molecule has 1 aromatic heterocycles. The van der Waals surface area contributed by atoms with Gasteiger partial charge in [0.2, 0.25) is 0 Å². The van der Waals surface area contributed by atoms with Crippen molar-refractivity contribution in [3.8, 4) is 16.9 Å². The lowest BCUT2D eigenvalue weighted by Crippen LogP contribution is -2.29. The quantitative estimate of drug-likeness (QED) is 0.662. The first-order valence-corrected chi connectivity index (χ1v) is 9.61. The highest BCUT2D eigenvalue weighted by atomic mass is 35.5. The Morgan fingerprint density at radius 1 is 1.13 bits per heavy atom. The van der Waals surface area contributed by atoms with Crippen LogP contribution in [0.3, 0.4) is 0 Å². The number of halogens is 4. The molecule has 0 bridgehead atoms. The maximum Gasteiger partial charge on any atom is 0.416 e. The van der Waals surface area contributed by atoms with Crippen molar-refractivity contribution >= 4 is 17.5 Å². The van der Waals surface area contributed by atoms with Gasteiger partial charge in [0.25, 0.3) is 5.91 Å². The van der Waals surface area contributed by atoms with E-state index in [0.29, 0.717) is 29.4 Å². The molecule has 1 aliphatic rings. The van der Waals surface area contributed by atoms with Crippen molar-refractivity contribution in [2.75, 3.05) is 13.1 Å². The maximum atomic E-state index is 13.2. The van der Waals surface area contributed by atoms with Gasteiger partial charge in [-0.15, -0.1) is 0 Å². The van der Waals surface area contributed by atoms with Crippen molar-refractivity contribution in [3.05, 3.63) is 70.9 Å². The maximum absolute atomic E-state index is 13.2. The van der Waals surface area contributed by atoms with Crippen LogP contribution >= 0.6 is 11.6 Å². The van der Waals surface area contributed by atoms with Crippen LogP contribution in [0, 0.1) is 0 Å². The number of aliphatic hydroxyl groups is 1. The van der Waals surface area contributed by atoms with E-state index in [9.17, 15) is 23.1 Å². The van der Waals surface area contributed by atoms with Gasteiger partial charge < -0.3 is 10.0 Å². The van der Waals surface area contributed by atoms with Gasteiger partial charge in [-0.3, -0.25) is 4.79 Å². The fraction of sp³-hybridized carbons (Fsp3) is 0.238. The average Bonchev–Trinajstić information content (AvgIpc) is 3.34. The van der Waals surface area contributed by atoms with Gasteiger partial charge >= 0.3 is 6.18 Å². The Morgan fingerprint density at radius 2 is 1.90 bits per heavy atom. The smallest absolute Gasteiger partial charge is 0.391 e. The Kier molecular flexibility index (Phi) is 5.29. The number of alkyl halides is 3. The lowest BCUT2D eigenvalue weighted by atomic mass is 10.1. The number of carbonyl (C=O) groups excluding carboxylic acids is 1. The number of β-amino-alcohol motifs (C(OH)–C–C–N with tert-alkyl or cyclic N) is 1. The monoisotopic (exact) mass is 435 g/mol. The van der Waals surface area contributed by atoms with Crippen molar-refractivity contribution in [1.82, 2.24) is 14.7 Å². The van der Waals surface area contributed by atoms with Crippen LogP contribution in [0.2, 0.25) is 5.02 Å². The summed E-state index contributed by atoms with van der Waals surface area (Å²) >= 11 is 6.07. The van der Waals surface area contributed by atoms with Gasteiger partial charge in [0.1, 0.15) is 0 Å². The van der Waals surface area contributed by atoms with Gasteiger partial charge in [-0.25, -0.2) is 4.68 Å². The molecular weight excluding hydrogens is 419 g/mol. The van der Waals surface area contributed by atoms with Crippen molar-refractivity contribution in [3.63, 3.8) is 0 Å². The lowest BCUT2D eigenvalue weighted by Gasteiger charge is -2.13. The number of aliphatic hydroxyl groups excluding tert-OH is 1. The van der Waals surface area contributed by atoms with E-state index in [1.54, 1.807) is 24.3 Å². The van der Waals surface area contributed by atoms with Crippen LogP contribution < -0.4 is 0 Å². The third kappa shape index (κ3) is 4.06. The first-order chi connectivity index (χ1) is 14.2. The molecule has 2 aromatic carbocycles. The second-order valence-electron chi connectivity index (χ2n) is 7.08. The summed E-state index contributed by atoms with van der Waals surface area (Å²) in [4.78, 5) is 14.3. The molecule has 0 radical (unpaired) electrons. The summed E-state index contributed by atoms with van der Waals surface area (Å²) < 4.78 is 41.0. The third-order valence-corrected chi connectivity index (χ3v) is 5.15. The molecule has 1 fully saturated rings. The summed E-state index contributed by atoms with van der Waals surface area (Å²) in [5, 5.41) is 14.5. The predicted molar refractivity (Wildman–Crippen MR) is 106 cm³/mol. The molecule has 9 heteroatoms. The Balaban J connectivity index is 1.82.